The summed E-state index contributed by atoms with van der Waals surface area (Å²) in [4.78, 5) is 6.85. The molecule has 0 aliphatic heterocycles. The molecule has 0 spiro atoms. The Kier molecular flexibility index (Phi) is 3.05. The SMILES string of the molecule is CN(C)C(=NCc1ccccc1)C1CC1. The van der Waals surface area contributed by atoms with E-state index in [2.05, 4.69) is 43.3 Å². The molecule has 0 N–H and O–H groups in total. The lowest BCUT2D eigenvalue weighted by Crippen LogP contribution is -2.23. The number of benzene rings is 1. The average molecular weight is 202 g/mol. The molecule has 0 radical (unpaired) electrons. The molecular formula is C13H18N2. The van der Waals surface area contributed by atoms with Crippen molar-refractivity contribution in [3.05, 3.63) is 35.9 Å². The van der Waals surface area contributed by atoms with Gasteiger partial charge in [-0.1, -0.05) is 30.3 Å². The van der Waals surface area contributed by atoms with Gasteiger partial charge >= 0.3 is 0 Å². The summed E-state index contributed by atoms with van der Waals surface area (Å²) in [5.41, 5.74) is 1.29. The summed E-state index contributed by atoms with van der Waals surface area (Å²) < 4.78 is 0. The van der Waals surface area contributed by atoms with Crippen molar-refractivity contribution in [3.8, 4) is 0 Å². The van der Waals surface area contributed by atoms with Crippen LogP contribution in [0.4, 0.5) is 0 Å². The molecular weight excluding hydrogens is 184 g/mol. The van der Waals surface area contributed by atoms with E-state index < -0.39 is 0 Å². The summed E-state index contributed by atoms with van der Waals surface area (Å²) in [6, 6.07) is 10.4. The zero-order valence-corrected chi connectivity index (χ0v) is 9.48. The predicted octanol–water partition coefficient (Wildman–Crippen LogP) is 2.56. The molecule has 0 heterocycles. The van der Waals surface area contributed by atoms with Crippen molar-refractivity contribution in [2.24, 2.45) is 10.9 Å². The maximum atomic E-state index is 4.70. The quantitative estimate of drug-likeness (QED) is 0.543. The van der Waals surface area contributed by atoms with Gasteiger partial charge in [0.05, 0.1) is 6.54 Å². The highest BCUT2D eigenvalue weighted by Crippen LogP contribution is 2.31. The number of amidine groups is 1. The molecule has 0 bridgehead atoms. The van der Waals surface area contributed by atoms with Crippen molar-refractivity contribution < 1.29 is 0 Å². The molecule has 1 fully saturated rings. The minimum Gasteiger partial charge on any atom is -0.366 e. The highest BCUT2D eigenvalue weighted by molar-refractivity contribution is 5.86. The van der Waals surface area contributed by atoms with E-state index in [0.717, 1.165) is 12.5 Å². The van der Waals surface area contributed by atoms with Crippen LogP contribution in [0, 0.1) is 5.92 Å². The number of hydrogen-bond acceptors (Lipinski definition) is 1. The van der Waals surface area contributed by atoms with E-state index in [-0.39, 0.29) is 0 Å². The molecule has 15 heavy (non-hydrogen) atoms. The highest BCUT2D eigenvalue weighted by Gasteiger charge is 2.28. The number of rotatable bonds is 3. The predicted molar refractivity (Wildman–Crippen MR) is 64.0 cm³/mol. The fourth-order valence-electron chi connectivity index (χ4n) is 1.73. The van der Waals surface area contributed by atoms with Gasteiger partial charge in [0.25, 0.3) is 0 Å². The molecule has 2 heteroatoms. The second kappa shape index (κ2) is 4.47. The third-order valence-electron chi connectivity index (χ3n) is 2.67. The van der Waals surface area contributed by atoms with Crippen LogP contribution < -0.4 is 0 Å². The van der Waals surface area contributed by atoms with Crippen molar-refractivity contribution in [2.45, 2.75) is 19.4 Å². The third kappa shape index (κ3) is 2.82. The molecule has 1 aliphatic carbocycles. The molecule has 1 aliphatic rings. The first-order valence-electron chi connectivity index (χ1n) is 5.53. The van der Waals surface area contributed by atoms with Crippen LogP contribution in [-0.2, 0) is 6.54 Å². The van der Waals surface area contributed by atoms with Crippen LogP contribution in [0.1, 0.15) is 18.4 Å². The van der Waals surface area contributed by atoms with Gasteiger partial charge in [-0.15, -0.1) is 0 Å². The van der Waals surface area contributed by atoms with Crippen LogP contribution in [0.2, 0.25) is 0 Å². The van der Waals surface area contributed by atoms with Crippen molar-refractivity contribution >= 4 is 5.84 Å². The molecule has 0 atom stereocenters. The standard InChI is InChI=1S/C13H18N2/c1-15(2)13(12-8-9-12)14-10-11-6-4-3-5-7-11/h3-7,12H,8-10H2,1-2H3. The van der Waals surface area contributed by atoms with Crippen LogP contribution in [0.25, 0.3) is 0 Å². The second-order valence-corrected chi connectivity index (χ2v) is 4.33. The Labute approximate surface area is 91.6 Å². The van der Waals surface area contributed by atoms with Crippen LogP contribution in [0.15, 0.2) is 35.3 Å². The Hall–Kier alpha value is -1.31. The fourth-order valence-corrected chi connectivity index (χ4v) is 1.73. The average Bonchev–Trinajstić information content (AvgIpc) is 3.03. The largest absolute Gasteiger partial charge is 0.366 e. The van der Waals surface area contributed by atoms with E-state index in [0.29, 0.717) is 0 Å². The van der Waals surface area contributed by atoms with Crippen molar-refractivity contribution in [1.29, 1.82) is 0 Å². The molecule has 1 aromatic carbocycles. The maximum Gasteiger partial charge on any atom is 0.102 e. The number of aliphatic imine (C=N–C) groups is 1. The smallest absolute Gasteiger partial charge is 0.102 e. The molecule has 0 amide bonds. The van der Waals surface area contributed by atoms with Crippen LogP contribution in [0.5, 0.6) is 0 Å². The van der Waals surface area contributed by atoms with Crippen molar-refractivity contribution in [2.75, 3.05) is 14.1 Å². The Morgan fingerprint density at radius 3 is 2.47 bits per heavy atom. The van der Waals surface area contributed by atoms with Gasteiger partial charge in [0.15, 0.2) is 0 Å². The first-order chi connectivity index (χ1) is 7.27. The normalized spacial score (nSPS) is 16.5. The van der Waals surface area contributed by atoms with E-state index in [9.17, 15) is 0 Å². The second-order valence-electron chi connectivity index (χ2n) is 4.33. The molecule has 0 unspecified atom stereocenters. The van der Waals surface area contributed by atoms with Gasteiger partial charge in [-0.2, -0.15) is 0 Å². The third-order valence-corrected chi connectivity index (χ3v) is 2.67. The first kappa shape index (κ1) is 10.2. The Bertz CT molecular complexity index is 333. The summed E-state index contributed by atoms with van der Waals surface area (Å²) in [7, 11) is 4.17. The van der Waals surface area contributed by atoms with Crippen LogP contribution in [-0.4, -0.2) is 24.8 Å². The zero-order chi connectivity index (χ0) is 10.7. The summed E-state index contributed by atoms with van der Waals surface area (Å²) in [6.07, 6.45) is 2.62. The first-order valence-corrected chi connectivity index (χ1v) is 5.53. The maximum absolute atomic E-state index is 4.70. The lowest BCUT2D eigenvalue weighted by atomic mass is 10.2. The van der Waals surface area contributed by atoms with Gasteiger partial charge in [-0.25, -0.2) is 0 Å². The molecule has 1 aromatic rings. The summed E-state index contributed by atoms with van der Waals surface area (Å²) in [6.45, 7) is 0.810. The summed E-state index contributed by atoms with van der Waals surface area (Å²) in [5, 5.41) is 0. The van der Waals surface area contributed by atoms with E-state index in [1.807, 2.05) is 6.07 Å². The van der Waals surface area contributed by atoms with E-state index in [1.165, 1.54) is 24.2 Å². The molecule has 0 aromatic heterocycles. The Morgan fingerprint density at radius 1 is 1.27 bits per heavy atom. The van der Waals surface area contributed by atoms with Gasteiger partial charge in [0.2, 0.25) is 0 Å². The van der Waals surface area contributed by atoms with Crippen molar-refractivity contribution in [3.63, 3.8) is 0 Å². The topological polar surface area (TPSA) is 15.6 Å². The monoisotopic (exact) mass is 202 g/mol. The van der Waals surface area contributed by atoms with E-state index in [1.54, 1.807) is 0 Å². The van der Waals surface area contributed by atoms with Crippen LogP contribution in [0.3, 0.4) is 0 Å². The van der Waals surface area contributed by atoms with E-state index >= 15 is 0 Å². The number of hydrogen-bond donors (Lipinski definition) is 0. The lowest BCUT2D eigenvalue weighted by Gasteiger charge is -2.15. The minimum absolute atomic E-state index is 0.726. The molecule has 80 valence electrons. The fraction of sp³-hybridized carbons (Fsp3) is 0.462. The van der Waals surface area contributed by atoms with Gasteiger partial charge in [-0.3, -0.25) is 4.99 Å². The lowest BCUT2D eigenvalue weighted by molar-refractivity contribution is 0.593. The van der Waals surface area contributed by atoms with Crippen molar-refractivity contribution in [1.82, 2.24) is 4.90 Å². The molecule has 2 rings (SSSR count). The number of nitrogens with zero attached hydrogens (tertiary/aromatic N) is 2. The minimum atomic E-state index is 0.726. The molecule has 0 saturated heterocycles. The highest BCUT2D eigenvalue weighted by atomic mass is 15.1. The van der Waals surface area contributed by atoms with Crippen LogP contribution >= 0.6 is 0 Å². The Morgan fingerprint density at radius 2 is 1.93 bits per heavy atom. The van der Waals surface area contributed by atoms with Gasteiger partial charge in [-0.05, 0) is 18.4 Å². The summed E-state index contributed by atoms with van der Waals surface area (Å²) in [5.74, 6) is 1.99. The van der Waals surface area contributed by atoms with Gasteiger partial charge in [0.1, 0.15) is 5.84 Å². The molecule has 2 nitrogen and oxygen atoms in total. The Balaban J connectivity index is 2.02. The van der Waals surface area contributed by atoms with E-state index in [4.69, 9.17) is 4.99 Å². The van der Waals surface area contributed by atoms with Gasteiger partial charge in [0, 0.05) is 20.0 Å². The molecule has 1 saturated carbocycles. The summed E-state index contributed by atoms with van der Waals surface area (Å²) >= 11 is 0. The van der Waals surface area contributed by atoms with Gasteiger partial charge < -0.3 is 4.90 Å². The zero-order valence-electron chi connectivity index (χ0n) is 9.48.